The van der Waals surface area contributed by atoms with E-state index in [1.165, 1.54) is 16.9 Å². The number of imidazole rings is 1. The van der Waals surface area contributed by atoms with Crippen molar-refractivity contribution in [1.82, 2.24) is 29.6 Å². The minimum Gasteiger partial charge on any atom is -0.217 e. The Bertz CT molecular complexity index is 1200. The lowest BCUT2D eigenvalue weighted by molar-refractivity contribution is 0.785. The van der Waals surface area contributed by atoms with Crippen LogP contribution in [0, 0.1) is 13.8 Å². The van der Waals surface area contributed by atoms with Crippen molar-refractivity contribution in [3.05, 3.63) is 72.1 Å². The van der Waals surface area contributed by atoms with E-state index in [0.717, 1.165) is 38.3 Å². The van der Waals surface area contributed by atoms with Crippen molar-refractivity contribution >= 4 is 16.3 Å². The molecular formula is C20H16N6S. The molecule has 6 nitrogen and oxygen atoms in total. The molecule has 0 amide bonds. The molecule has 3 aromatic heterocycles. The number of aromatic nitrogens is 6. The van der Waals surface area contributed by atoms with Gasteiger partial charge in [0.15, 0.2) is 5.01 Å². The van der Waals surface area contributed by atoms with E-state index in [9.17, 15) is 0 Å². The van der Waals surface area contributed by atoms with Crippen LogP contribution in [-0.2, 0) is 0 Å². The normalized spacial score (nSPS) is 11.3. The fourth-order valence-electron chi connectivity index (χ4n) is 3.00. The third-order valence-electron chi connectivity index (χ3n) is 4.49. The molecule has 0 saturated carbocycles. The second-order valence-corrected chi connectivity index (χ2v) is 7.35. The second-order valence-electron chi connectivity index (χ2n) is 6.40. The first-order valence-electron chi connectivity index (χ1n) is 8.60. The summed E-state index contributed by atoms with van der Waals surface area (Å²) in [6.45, 7) is 4.08. The van der Waals surface area contributed by atoms with Gasteiger partial charge in [-0.25, -0.2) is 14.2 Å². The Morgan fingerprint density at radius 2 is 1.70 bits per heavy atom. The van der Waals surface area contributed by atoms with Gasteiger partial charge in [-0.2, -0.15) is 5.10 Å². The van der Waals surface area contributed by atoms with E-state index in [-0.39, 0.29) is 0 Å². The fourth-order valence-corrected chi connectivity index (χ4v) is 3.92. The van der Waals surface area contributed by atoms with Gasteiger partial charge in [-0.3, -0.25) is 0 Å². The summed E-state index contributed by atoms with van der Waals surface area (Å²) in [7, 11) is 0. The van der Waals surface area contributed by atoms with Gasteiger partial charge >= 0.3 is 0 Å². The third-order valence-corrected chi connectivity index (χ3v) is 5.42. The highest BCUT2D eigenvalue weighted by atomic mass is 32.1. The molecule has 0 aliphatic rings. The first kappa shape index (κ1) is 15.9. The van der Waals surface area contributed by atoms with Gasteiger partial charge in [0.25, 0.3) is 0 Å². The third kappa shape index (κ3) is 2.72. The predicted molar refractivity (Wildman–Crippen MR) is 106 cm³/mol. The van der Waals surface area contributed by atoms with Gasteiger partial charge in [0.05, 0.1) is 23.3 Å². The zero-order valence-electron chi connectivity index (χ0n) is 14.9. The standard InChI is InChI=1S/C20H16N6S/c1-13-8-10-16(11-9-13)26-14(2)18(22-24-26)19-23-25-12-17(21-20(25)27-19)15-6-4-3-5-7-15/h3-12H,1-2H3. The smallest absolute Gasteiger partial charge is 0.213 e. The molecule has 7 heteroatoms. The first-order valence-corrected chi connectivity index (χ1v) is 9.42. The molecule has 0 aliphatic carbocycles. The topological polar surface area (TPSA) is 60.9 Å². The van der Waals surface area contributed by atoms with Gasteiger partial charge in [0.1, 0.15) is 5.69 Å². The minimum absolute atomic E-state index is 0.785. The summed E-state index contributed by atoms with van der Waals surface area (Å²) in [6.07, 6.45) is 1.95. The number of fused-ring (bicyclic) bond motifs is 1. The molecule has 27 heavy (non-hydrogen) atoms. The van der Waals surface area contributed by atoms with Crippen molar-refractivity contribution in [2.45, 2.75) is 13.8 Å². The molecule has 0 aliphatic heterocycles. The van der Waals surface area contributed by atoms with Crippen molar-refractivity contribution in [2.24, 2.45) is 0 Å². The van der Waals surface area contributed by atoms with Crippen LogP contribution in [0.25, 0.3) is 32.6 Å². The van der Waals surface area contributed by atoms with Gasteiger partial charge in [0.2, 0.25) is 4.96 Å². The molecule has 5 aromatic rings. The highest BCUT2D eigenvalue weighted by Crippen LogP contribution is 2.29. The van der Waals surface area contributed by atoms with Crippen LogP contribution in [0.15, 0.2) is 60.8 Å². The van der Waals surface area contributed by atoms with Crippen LogP contribution < -0.4 is 0 Å². The largest absolute Gasteiger partial charge is 0.217 e. The lowest BCUT2D eigenvalue weighted by Crippen LogP contribution is -1.98. The molecule has 0 N–H and O–H groups in total. The van der Waals surface area contributed by atoms with Crippen LogP contribution in [0.1, 0.15) is 11.3 Å². The van der Waals surface area contributed by atoms with E-state index >= 15 is 0 Å². The van der Waals surface area contributed by atoms with Crippen LogP contribution in [-0.4, -0.2) is 29.6 Å². The van der Waals surface area contributed by atoms with Crippen LogP contribution >= 0.6 is 11.3 Å². The first-order chi connectivity index (χ1) is 13.2. The number of aryl methyl sites for hydroxylation is 1. The molecule has 0 bridgehead atoms. The van der Waals surface area contributed by atoms with Crippen LogP contribution in [0.2, 0.25) is 0 Å². The van der Waals surface area contributed by atoms with Crippen molar-refractivity contribution < 1.29 is 0 Å². The quantitative estimate of drug-likeness (QED) is 0.473. The summed E-state index contributed by atoms with van der Waals surface area (Å²) in [5.74, 6) is 0. The Kier molecular flexibility index (Phi) is 3.61. The molecule has 0 unspecified atom stereocenters. The highest BCUT2D eigenvalue weighted by Gasteiger charge is 2.18. The SMILES string of the molecule is Cc1ccc(-n2nnc(-c3nn4cc(-c5ccccc5)nc4s3)c2C)cc1. The molecule has 0 radical (unpaired) electrons. The molecule has 0 spiro atoms. The molecule has 132 valence electrons. The van der Waals surface area contributed by atoms with Crippen molar-refractivity contribution in [3.8, 4) is 27.6 Å². The van der Waals surface area contributed by atoms with Gasteiger partial charge in [-0.05, 0) is 26.0 Å². The summed E-state index contributed by atoms with van der Waals surface area (Å²) in [6, 6.07) is 18.3. The highest BCUT2D eigenvalue weighted by molar-refractivity contribution is 7.19. The minimum atomic E-state index is 0.785. The summed E-state index contributed by atoms with van der Waals surface area (Å²) in [4.78, 5) is 5.54. The van der Waals surface area contributed by atoms with E-state index in [4.69, 9.17) is 4.98 Å². The molecule has 3 heterocycles. The van der Waals surface area contributed by atoms with Crippen molar-refractivity contribution in [1.29, 1.82) is 0 Å². The zero-order valence-corrected chi connectivity index (χ0v) is 15.7. The molecule has 0 fully saturated rings. The number of hydrogen-bond acceptors (Lipinski definition) is 5. The van der Waals surface area contributed by atoms with Crippen LogP contribution in [0.3, 0.4) is 0 Å². The summed E-state index contributed by atoms with van der Waals surface area (Å²) in [5.41, 5.74) is 5.95. The average Bonchev–Trinajstić information content (AvgIpc) is 3.36. The van der Waals surface area contributed by atoms with E-state index in [1.807, 2.05) is 64.8 Å². The van der Waals surface area contributed by atoms with E-state index in [0.29, 0.717) is 0 Å². The average molecular weight is 372 g/mol. The number of rotatable bonds is 3. The zero-order chi connectivity index (χ0) is 18.4. The van der Waals surface area contributed by atoms with Gasteiger partial charge < -0.3 is 0 Å². The predicted octanol–water partition coefficient (Wildman–Crippen LogP) is 4.32. The monoisotopic (exact) mass is 372 g/mol. The molecule has 5 rings (SSSR count). The number of hydrogen-bond donors (Lipinski definition) is 0. The lowest BCUT2D eigenvalue weighted by atomic mass is 10.2. The number of benzene rings is 2. The lowest BCUT2D eigenvalue weighted by Gasteiger charge is -2.03. The molecule has 2 aromatic carbocycles. The Balaban J connectivity index is 1.52. The summed E-state index contributed by atoms with van der Waals surface area (Å²) < 4.78 is 3.65. The Morgan fingerprint density at radius 1 is 0.926 bits per heavy atom. The molecular weight excluding hydrogens is 356 g/mol. The maximum absolute atomic E-state index is 4.70. The number of nitrogens with zero attached hydrogens (tertiary/aromatic N) is 6. The molecule has 0 atom stereocenters. The Hall–Kier alpha value is -3.32. The van der Waals surface area contributed by atoms with Crippen molar-refractivity contribution in [3.63, 3.8) is 0 Å². The fraction of sp³-hybridized carbons (Fsp3) is 0.100. The van der Waals surface area contributed by atoms with Crippen molar-refractivity contribution in [2.75, 3.05) is 0 Å². The Labute approximate surface area is 159 Å². The van der Waals surface area contributed by atoms with E-state index < -0.39 is 0 Å². The van der Waals surface area contributed by atoms with Gasteiger partial charge in [-0.15, -0.1) is 5.10 Å². The summed E-state index contributed by atoms with van der Waals surface area (Å²) in [5, 5.41) is 14.2. The van der Waals surface area contributed by atoms with Gasteiger partial charge in [-0.1, -0.05) is 64.6 Å². The Morgan fingerprint density at radius 3 is 2.44 bits per heavy atom. The van der Waals surface area contributed by atoms with Gasteiger partial charge in [0, 0.05) is 5.56 Å². The maximum Gasteiger partial charge on any atom is 0.213 e. The second kappa shape index (κ2) is 6.14. The molecule has 0 saturated heterocycles. The van der Waals surface area contributed by atoms with E-state index in [2.05, 4.69) is 34.5 Å². The van der Waals surface area contributed by atoms with Crippen LogP contribution in [0.4, 0.5) is 0 Å². The maximum atomic E-state index is 4.70. The van der Waals surface area contributed by atoms with Crippen LogP contribution in [0.5, 0.6) is 0 Å². The van der Waals surface area contributed by atoms with E-state index in [1.54, 1.807) is 0 Å². The summed E-state index contributed by atoms with van der Waals surface area (Å²) >= 11 is 1.52.